The van der Waals surface area contributed by atoms with Crippen molar-refractivity contribution < 1.29 is 9.13 Å². The Balaban J connectivity index is 1.98. The third kappa shape index (κ3) is 3.55. The van der Waals surface area contributed by atoms with Gasteiger partial charge in [-0.2, -0.15) is 0 Å². The fourth-order valence-electron chi connectivity index (χ4n) is 1.80. The summed E-state index contributed by atoms with van der Waals surface area (Å²) in [5.74, 6) is 0.414. The van der Waals surface area contributed by atoms with Crippen LogP contribution in [0.5, 0.6) is 5.75 Å². The number of benzene rings is 2. The van der Waals surface area contributed by atoms with Crippen molar-refractivity contribution in [3.05, 3.63) is 65.0 Å². The summed E-state index contributed by atoms with van der Waals surface area (Å²) in [6.45, 7) is 4.11. The summed E-state index contributed by atoms with van der Waals surface area (Å²) in [6.07, 6.45) is 0. The van der Waals surface area contributed by atoms with Gasteiger partial charge >= 0.3 is 0 Å². The highest BCUT2D eigenvalue weighted by molar-refractivity contribution is 5.29. The summed E-state index contributed by atoms with van der Waals surface area (Å²) in [5.41, 5.74) is 8.86. The summed E-state index contributed by atoms with van der Waals surface area (Å²) in [5, 5.41) is 0. The minimum atomic E-state index is -0.227. The Hall–Kier alpha value is -1.87. The smallest absolute Gasteiger partial charge is 0.126 e. The molecular weight excluding hydrogens is 241 g/mol. The van der Waals surface area contributed by atoms with E-state index in [1.165, 1.54) is 11.6 Å². The van der Waals surface area contributed by atoms with Crippen LogP contribution >= 0.6 is 0 Å². The van der Waals surface area contributed by atoms with Crippen molar-refractivity contribution in [2.45, 2.75) is 19.9 Å². The Labute approximate surface area is 113 Å². The van der Waals surface area contributed by atoms with Gasteiger partial charge in [-0.05, 0) is 43.2 Å². The van der Waals surface area contributed by atoms with Crippen LogP contribution in [-0.4, -0.2) is 6.61 Å². The molecule has 2 aromatic carbocycles. The van der Waals surface area contributed by atoms with Crippen LogP contribution in [0.1, 0.15) is 22.7 Å². The van der Waals surface area contributed by atoms with Gasteiger partial charge in [-0.1, -0.05) is 29.8 Å². The third-order valence-corrected chi connectivity index (χ3v) is 3.06. The van der Waals surface area contributed by atoms with Gasteiger partial charge < -0.3 is 10.5 Å². The number of halogens is 1. The molecule has 0 aliphatic heterocycles. The summed E-state index contributed by atoms with van der Waals surface area (Å²) >= 11 is 0. The highest BCUT2D eigenvalue weighted by atomic mass is 19.1. The van der Waals surface area contributed by atoms with E-state index < -0.39 is 0 Å². The van der Waals surface area contributed by atoms with Gasteiger partial charge in [-0.25, -0.2) is 4.39 Å². The van der Waals surface area contributed by atoms with Crippen LogP contribution in [0, 0.1) is 19.7 Å². The molecule has 0 aliphatic carbocycles. The van der Waals surface area contributed by atoms with Crippen LogP contribution < -0.4 is 10.5 Å². The van der Waals surface area contributed by atoms with Crippen LogP contribution in [0.25, 0.3) is 0 Å². The van der Waals surface area contributed by atoms with E-state index in [2.05, 4.69) is 0 Å². The molecule has 2 aromatic rings. The second-order valence-corrected chi connectivity index (χ2v) is 4.74. The van der Waals surface area contributed by atoms with Gasteiger partial charge in [-0.3, -0.25) is 0 Å². The largest absolute Gasteiger partial charge is 0.492 e. The monoisotopic (exact) mass is 259 g/mol. The lowest BCUT2D eigenvalue weighted by molar-refractivity contribution is 0.290. The van der Waals surface area contributed by atoms with E-state index in [1.807, 2.05) is 31.2 Å². The van der Waals surface area contributed by atoms with E-state index in [4.69, 9.17) is 10.5 Å². The lowest BCUT2D eigenvalue weighted by Gasteiger charge is -2.14. The van der Waals surface area contributed by atoms with Gasteiger partial charge in [0.05, 0.1) is 6.04 Å². The van der Waals surface area contributed by atoms with Gasteiger partial charge in [0.15, 0.2) is 0 Å². The molecule has 0 radical (unpaired) electrons. The Morgan fingerprint density at radius 3 is 2.42 bits per heavy atom. The summed E-state index contributed by atoms with van der Waals surface area (Å²) in [4.78, 5) is 0. The van der Waals surface area contributed by atoms with Gasteiger partial charge in [0, 0.05) is 0 Å². The Kier molecular flexibility index (Phi) is 4.17. The van der Waals surface area contributed by atoms with E-state index in [-0.39, 0.29) is 11.9 Å². The number of aryl methyl sites for hydroxylation is 2. The number of hydrogen-bond acceptors (Lipinski definition) is 2. The molecule has 1 atom stereocenters. The molecule has 19 heavy (non-hydrogen) atoms. The summed E-state index contributed by atoms with van der Waals surface area (Å²) in [7, 11) is 0. The van der Waals surface area contributed by atoms with Crippen LogP contribution in [0.2, 0.25) is 0 Å². The first kappa shape index (κ1) is 13.6. The van der Waals surface area contributed by atoms with Crippen molar-refractivity contribution in [2.75, 3.05) is 6.61 Å². The lowest BCUT2D eigenvalue weighted by Crippen LogP contribution is -2.19. The summed E-state index contributed by atoms with van der Waals surface area (Å²) < 4.78 is 18.7. The molecular formula is C16H18FNO. The zero-order valence-corrected chi connectivity index (χ0v) is 11.2. The number of rotatable bonds is 4. The first-order valence-electron chi connectivity index (χ1n) is 6.27. The van der Waals surface area contributed by atoms with Crippen molar-refractivity contribution in [1.29, 1.82) is 0 Å². The van der Waals surface area contributed by atoms with Crippen LogP contribution in [0.3, 0.4) is 0 Å². The highest BCUT2D eigenvalue weighted by Crippen LogP contribution is 2.18. The molecule has 0 saturated carbocycles. The first-order chi connectivity index (χ1) is 9.06. The Bertz CT molecular complexity index is 551. The molecule has 1 unspecified atom stereocenters. The van der Waals surface area contributed by atoms with Crippen molar-refractivity contribution in [3.8, 4) is 5.75 Å². The molecule has 3 heteroatoms. The van der Waals surface area contributed by atoms with Crippen molar-refractivity contribution in [3.63, 3.8) is 0 Å². The van der Waals surface area contributed by atoms with E-state index in [0.29, 0.717) is 17.9 Å². The minimum absolute atomic E-state index is 0.189. The molecule has 0 heterocycles. The van der Waals surface area contributed by atoms with Crippen molar-refractivity contribution in [1.82, 2.24) is 0 Å². The molecule has 0 saturated heterocycles. The average Bonchev–Trinajstić information content (AvgIpc) is 2.40. The standard InChI is InChI=1S/C16H18FNO/c1-11-3-5-13(6-4-11)16(18)10-19-14-7-8-15(17)12(2)9-14/h3-9,16H,10,18H2,1-2H3. The second kappa shape index (κ2) is 5.85. The molecule has 2 N–H and O–H groups in total. The van der Waals surface area contributed by atoms with Gasteiger partial charge in [0.2, 0.25) is 0 Å². The van der Waals surface area contributed by atoms with Gasteiger partial charge in [0.25, 0.3) is 0 Å². The number of ether oxygens (including phenoxy) is 1. The molecule has 100 valence electrons. The van der Waals surface area contributed by atoms with Crippen LogP contribution in [-0.2, 0) is 0 Å². The molecule has 0 amide bonds. The molecule has 0 aliphatic rings. The predicted octanol–water partition coefficient (Wildman–Crippen LogP) is 3.52. The highest BCUT2D eigenvalue weighted by Gasteiger charge is 2.07. The minimum Gasteiger partial charge on any atom is -0.492 e. The number of nitrogens with two attached hydrogens (primary N) is 1. The summed E-state index contributed by atoms with van der Waals surface area (Å²) in [6, 6.07) is 12.6. The van der Waals surface area contributed by atoms with Gasteiger partial charge in [0.1, 0.15) is 18.2 Å². The average molecular weight is 259 g/mol. The van der Waals surface area contributed by atoms with E-state index in [0.717, 1.165) is 5.56 Å². The van der Waals surface area contributed by atoms with Crippen LogP contribution in [0.4, 0.5) is 4.39 Å². The van der Waals surface area contributed by atoms with E-state index >= 15 is 0 Å². The van der Waals surface area contributed by atoms with E-state index in [1.54, 1.807) is 19.1 Å². The zero-order valence-electron chi connectivity index (χ0n) is 11.2. The molecule has 0 bridgehead atoms. The SMILES string of the molecule is Cc1ccc(C(N)COc2ccc(F)c(C)c2)cc1. The maximum atomic E-state index is 13.1. The normalized spacial score (nSPS) is 12.2. The molecule has 0 fully saturated rings. The third-order valence-electron chi connectivity index (χ3n) is 3.06. The molecule has 2 rings (SSSR count). The molecule has 0 spiro atoms. The Morgan fingerprint density at radius 1 is 1.11 bits per heavy atom. The van der Waals surface area contributed by atoms with Gasteiger partial charge in [-0.15, -0.1) is 0 Å². The maximum absolute atomic E-state index is 13.1. The fraction of sp³-hybridized carbons (Fsp3) is 0.250. The molecule has 0 aromatic heterocycles. The predicted molar refractivity (Wildman–Crippen MR) is 74.7 cm³/mol. The topological polar surface area (TPSA) is 35.2 Å². The quantitative estimate of drug-likeness (QED) is 0.911. The first-order valence-corrected chi connectivity index (χ1v) is 6.27. The lowest BCUT2D eigenvalue weighted by atomic mass is 10.1. The number of hydrogen-bond donors (Lipinski definition) is 1. The van der Waals surface area contributed by atoms with Crippen LogP contribution in [0.15, 0.2) is 42.5 Å². The van der Waals surface area contributed by atoms with Crippen molar-refractivity contribution >= 4 is 0 Å². The second-order valence-electron chi connectivity index (χ2n) is 4.74. The maximum Gasteiger partial charge on any atom is 0.126 e. The van der Waals surface area contributed by atoms with E-state index in [9.17, 15) is 4.39 Å². The molecule has 2 nitrogen and oxygen atoms in total. The Morgan fingerprint density at radius 2 is 1.79 bits per heavy atom. The van der Waals surface area contributed by atoms with Crippen molar-refractivity contribution in [2.24, 2.45) is 5.73 Å². The zero-order chi connectivity index (χ0) is 13.8. The fourth-order valence-corrected chi connectivity index (χ4v) is 1.80.